The van der Waals surface area contributed by atoms with Crippen LogP contribution in [0.1, 0.15) is 28.5 Å². The van der Waals surface area contributed by atoms with Gasteiger partial charge >= 0.3 is 6.18 Å². The Morgan fingerprint density at radius 3 is 2.58 bits per heavy atom. The predicted molar refractivity (Wildman–Crippen MR) is 114 cm³/mol. The van der Waals surface area contributed by atoms with Gasteiger partial charge in [0, 0.05) is 23.7 Å². The standard InChI is InChI=1S/C22H20F3N3O2S/c1-3-14-7-4-5-10-17(14)26-19(29)12-28(2)21(30)18-13-31-20(27-18)15-8-6-9-16(11-15)22(23,24)25/h4-11,13H,3,12H2,1-2H3,(H,26,29). The molecule has 1 heterocycles. The first-order chi connectivity index (χ1) is 14.7. The van der Waals surface area contributed by atoms with Gasteiger partial charge in [0.2, 0.25) is 5.91 Å². The van der Waals surface area contributed by atoms with Gasteiger partial charge in [-0.15, -0.1) is 11.3 Å². The topological polar surface area (TPSA) is 62.3 Å². The number of para-hydroxylation sites is 1. The first-order valence-electron chi connectivity index (χ1n) is 9.45. The molecule has 9 heteroatoms. The summed E-state index contributed by atoms with van der Waals surface area (Å²) in [7, 11) is 1.47. The third-order valence-electron chi connectivity index (χ3n) is 4.56. The van der Waals surface area contributed by atoms with Crippen LogP contribution in [0.4, 0.5) is 18.9 Å². The van der Waals surface area contributed by atoms with Crippen LogP contribution in [0, 0.1) is 0 Å². The van der Waals surface area contributed by atoms with Crippen molar-refractivity contribution in [1.29, 1.82) is 0 Å². The summed E-state index contributed by atoms with van der Waals surface area (Å²) in [4.78, 5) is 30.4. The van der Waals surface area contributed by atoms with Crippen molar-refractivity contribution >= 4 is 28.8 Å². The molecule has 1 N–H and O–H groups in total. The zero-order valence-corrected chi connectivity index (χ0v) is 17.7. The van der Waals surface area contributed by atoms with E-state index in [0.717, 1.165) is 35.5 Å². The molecular formula is C22H20F3N3O2S. The van der Waals surface area contributed by atoms with E-state index >= 15 is 0 Å². The zero-order valence-electron chi connectivity index (χ0n) is 16.9. The second-order valence-corrected chi connectivity index (χ2v) is 7.69. The average molecular weight is 447 g/mol. The summed E-state index contributed by atoms with van der Waals surface area (Å²) in [6.07, 6.45) is -3.71. The van der Waals surface area contributed by atoms with Gasteiger partial charge in [-0.05, 0) is 30.2 Å². The highest BCUT2D eigenvalue weighted by molar-refractivity contribution is 7.13. The van der Waals surface area contributed by atoms with Crippen molar-refractivity contribution in [3.8, 4) is 10.6 Å². The Hall–Kier alpha value is -3.20. The molecule has 3 rings (SSSR count). The Morgan fingerprint density at radius 1 is 1.13 bits per heavy atom. The van der Waals surface area contributed by atoms with Crippen LogP contribution in [0.25, 0.3) is 10.6 Å². The summed E-state index contributed by atoms with van der Waals surface area (Å²) in [5.74, 6) is -0.849. The van der Waals surface area contributed by atoms with Gasteiger partial charge in [-0.3, -0.25) is 9.59 Å². The molecule has 2 aromatic carbocycles. The van der Waals surface area contributed by atoms with E-state index in [2.05, 4.69) is 10.3 Å². The highest BCUT2D eigenvalue weighted by Gasteiger charge is 2.30. The van der Waals surface area contributed by atoms with Crippen LogP contribution in [0.3, 0.4) is 0 Å². The second kappa shape index (κ2) is 9.30. The first-order valence-corrected chi connectivity index (χ1v) is 10.3. The van der Waals surface area contributed by atoms with Gasteiger partial charge in [-0.2, -0.15) is 13.2 Å². The monoisotopic (exact) mass is 447 g/mol. The van der Waals surface area contributed by atoms with Crippen molar-refractivity contribution in [2.45, 2.75) is 19.5 Å². The number of anilines is 1. The molecule has 0 aliphatic carbocycles. The highest BCUT2D eigenvalue weighted by Crippen LogP contribution is 2.33. The van der Waals surface area contributed by atoms with E-state index in [1.165, 1.54) is 29.5 Å². The second-order valence-electron chi connectivity index (χ2n) is 6.84. The van der Waals surface area contributed by atoms with Crippen molar-refractivity contribution in [3.05, 3.63) is 70.7 Å². The third kappa shape index (κ3) is 5.49. The van der Waals surface area contributed by atoms with Crippen molar-refractivity contribution in [1.82, 2.24) is 9.88 Å². The van der Waals surface area contributed by atoms with Crippen LogP contribution >= 0.6 is 11.3 Å². The van der Waals surface area contributed by atoms with Gasteiger partial charge in [0.1, 0.15) is 10.7 Å². The minimum absolute atomic E-state index is 0.0710. The van der Waals surface area contributed by atoms with E-state index in [4.69, 9.17) is 0 Å². The number of hydrogen-bond acceptors (Lipinski definition) is 4. The van der Waals surface area contributed by atoms with E-state index in [9.17, 15) is 22.8 Å². The van der Waals surface area contributed by atoms with Gasteiger partial charge in [0.15, 0.2) is 0 Å². The van der Waals surface area contributed by atoms with E-state index in [1.54, 1.807) is 6.07 Å². The van der Waals surface area contributed by atoms with Gasteiger partial charge in [-0.25, -0.2) is 4.98 Å². The number of nitrogens with one attached hydrogen (secondary N) is 1. The third-order valence-corrected chi connectivity index (χ3v) is 5.45. The molecule has 1 aromatic heterocycles. The normalized spacial score (nSPS) is 11.3. The van der Waals surface area contributed by atoms with E-state index < -0.39 is 17.6 Å². The maximum absolute atomic E-state index is 12.9. The Labute approximate surface area is 181 Å². The number of alkyl halides is 3. The number of nitrogens with zero attached hydrogens (tertiary/aromatic N) is 2. The molecule has 0 radical (unpaired) electrons. The molecule has 0 fully saturated rings. The summed E-state index contributed by atoms with van der Waals surface area (Å²) in [6, 6.07) is 12.2. The number of benzene rings is 2. The number of likely N-dealkylation sites (N-methyl/N-ethyl adjacent to an activating group) is 1. The summed E-state index contributed by atoms with van der Waals surface area (Å²) in [6.45, 7) is 1.79. The molecule has 31 heavy (non-hydrogen) atoms. The van der Waals surface area contributed by atoms with Crippen LogP contribution in [0.5, 0.6) is 0 Å². The summed E-state index contributed by atoms with van der Waals surface area (Å²) in [5.41, 5.74) is 1.23. The van der Waals surface area contributed by atoms with Gasteiger partial charge in [0.25, 0.3) is 5.91 Å². The van der Waals surface area contributed by atoms with Crippen molar-refractivity contribution in [3.63, 3.8) is 0 Å². The Balaban J connectivity index is 1.68. The molecule has 0 spiro atoms. The van der Waals surface area contributed by atoms with Crippen molar-refractivity contribution in [2.75, 3.05) is 18.9 Å². The number of carbonyl (C=O) groups is 2. The molecule has 0 atom stereocenters. The number of thiazole rings is 1. The Kier molecular flexibility index (Phi) is 6.74. The van der Waals surface area contributed by atoms with E-state index in [-0.39, 0.29) is 23.7 Å². The molecule has 0 unspecified atom stereocenters. The smallest absolute Gasteiger partial charge is 0.331 e. The van der Waals surface area contributed by atoms with Crippen LogP contribution in [-0.2, 0) is 17.4 Å². The molecule has 0 aliphatic heterocycles. The SMILES string of the molecule is CCc1ccccc1NC(=O)CN(C)C(=O)c1csc(-c2cccc(C(F)(F)F)c2)n1. The molecule has 3 aromatic rings. The predicted octanol–water partition coefficient (Wildman–Crippen LogP) is 5.10. The summed E-state index contributed by atoms with van der Waals surface area (Å²) >= 11 is 1.07. The quantitative estimate of drug-likeness (QED) is 0.572. The number of halogens is 3. The average Bonchev–Trinajstić information content (AvgIpc) is 3.23. The molecule has 0 saturated heterocycles. The molecule has 0 bridgehead atoms. The number of amides is 2. The Bertz CT molecular complexity index is 1100. The lowest BCUT2D eigenvalue weighted by Crippen LogP contribution is -2.35. The number of aromatic nitrogens is 1. The lowest BCUT2D eigenvalue weighted by Gasteiger charge is -2.16. The lowest BCUT2D eigenvalue weighted by molar-refractivity contribution is -0.137. The number of aryl methyl sites for hydroxylation is 1. The number of hydrogen-bond donors (Lipinski definition) is 1. The van der Waals surface area contributed by atoms with Crippen LogP contribution in [0.2, 0.25) is 0 Å². The number of carbonyl (C=O) groups excluding carboxylic acids is 2. The van der Waals surface area contributed by atoms with Crippen molar-refractivity contribution in [2.24, 2.45) is 0 Å². The maximum atomic E-state index is 12.9. The van der Waals surface area contributed by atoms with E-state index in [1.807, 2.05) is 25.1 Å². The fourth-order valence-electron chi connectivity index (χ4n) is 2.96. The molecule has 0 aliphatic rings. The fourth-order valence-corrected chi connectivity index (χ4v) is 3.75. The number of rotatable bonds is 6. The van der Waals surface area contributed by atoms with Gasteiger partial charge in [-0.1, -0.05) is 37.3 Å². The molecular weight excluding hydrogens is 427 g/mol. The molecule has 0 saturated carbocycles. The minimum atomic E-state index is -4.46. The van der Waals surface area contributed by atoms with E-state index in [0.29, 0.717) is 10.7 Å². The maximum Gasteiger partial charge on any atom is 0.416 e. The lowest BCUT2D eigenvalue weighted by atomic mass is 10.1. The van der Waals surface area contributed by atoms with Gasteiger partial charge < -0.3 is 10.2 Å². The zero-order chi connectivity index (χ0) is 22.6. The molecule has 162 valence electrons. The van der Waals surface area contributed by atoms with Gasteiger partial charge in [0.05, 0.1) is 12.1 Å². The van der Waals surface area contributed by atoms with Crippen LogP contribution in [0.15, 0.2) is 53.9 Å². The fraction of sp³-hybridized carbons (Fsp3) is 0.227. The van der Waals surface area contributed by atoms with Crippen LogP contribution in [-0.4, -0.2) is 35.3 Å². The van der Waals surface area contributed by atoms with Crippen molar-refractivity contribution < 1.29 is 22.8 Å². The molecule has 2 amide bonds. The summed E-state index contributed by atoms with van der Waals surface area (Å²) in [5, 5.41) is 4.56. The largest absolute Gasteiger partial charge is 0.416 e. The van der Waals surface area contributed by atoms with Crippen LogP contribution < -0.4 is 5.32 Å². The summed E-state index contributed by atoms with van der Waals surface area (Å²) < 4.78 is 38.8. The minimum Gasteiger partial charge on any atom is -0.331 e. The first kappa shape index (κ1) is 22.5. The highest BCUT2D eigenvalue weighted by atomic mass is 32.1. The molecule has 5 nitrogen and oxygen atoms in total. The Morgan fingerprint density at radius 2 is 1.87 bits per heavy atom.